The van der Waals surface area contributed by atoms with Crippen LogP contribution in [-0.2, 0) is 0 Å². The van der Waals surface area contributed by atoms with E-state index in [1.807, 2.05) is 0 Å². The number of rotatable bonds is 2. The van der Waals surface area contributed by atoms with Crippen LogP contribution in [0.25, 0.3) is 0 Å². The van der Waals surface area contributed by atoms with Crippen molar-refractivity contribution in [2.45, 2.75) is 91.9 Å². The number of hydrogen-bond donors (Lipinski definition) is 0. The van der Waals surface area contributed by atoms with Gasteiger partial charge in [-0.1, -0.05) is 85.5 Å². The molecule has 0 aromatic rings. The van der Waals surface area contributed by atoms with Crippen LogP contribution in [0, 0.1) is 23.7 Å². The first-order valence-corrected chi connectivity index (χ1v) is 8.65. The first-order valence-electron chi connectivity index (χ1n) is 8.65. The van der Waals surface area contributed by atoms with E-state index in [4.69, 9.17) is 0 Å². The second kappa shape index (κ2) is 8.99. The molecular formula is C18H36. The Morgan fingerprint density at radius 3 is 1.17 bits per heavy atom. The van der Waals surface area contributed by atoms with Gasteiger partial charge in [0.25, 0.3) is 0 Å². The van der Waals surface area contributed by atoms with Crippen LogP contribution >= 0.6 is 0 Å². The van der Waals surface area contributed by atoms with Gasteiger partial charge in [-0.25, -0.2) is 0 Å². The average Bonchev–Trinajstić information content (AvgIpc) is 2.36. The van der Waals surface area contributed by atoms with Crippen molar-refractivity contribution in [3.8, 4) is 0 Å². The number of hydrogen-bond acceptors (Lipinski definition) is 0. The highest BCUT2D eigenvalue weighted by Crippen LogP contribution is 2.37. The molecule has 108 valence electrons. The standard InChI is InChI=1S/C15H28.C3H8/c1-12-3-7-14(8-4-12)11-15-9-5-13(2)6-10-15;1-3-2/h12-15H,3-11H2,1-2H3;3H2,1-2H3. The van der Waals surface area contributed by atoms with Crippen molar-refractivity contribution >= 4 is 0 Å². The topological polar surface area (TPSA) is 0 Å². The average molecular weight is 252 g/mol. The summed E-state index contributed by atoms with van der Waals surface area (Å²) in [5, 5.41) is 0. The van der Waals surface area contributed by atoms with E-state index in [0.717, 1.165) is 23.7 Å². The van der Waals surface area contributed by atoms with E-state index < -0.39 is 0 Å². The van der Waals surface area contributed by atoms with Crippen molar-refractivity contribution in [3.63, 3.8) is 0 Å². The van der Waals surface area contributed by atoms with Crippen LogP contribution in [-0.4, -0.2) is 0 Å². The zero-order valence-electron chi connectivity index (χ0n) is 13.4. The van der Waals surface area contributed by atoms with Crippen molar-refractivity contribution in [3.05, 3.63) is 0 Å². The van der Waals surface area contributed by atoms with Crippen LogP contribution in [0.1, 0.15) is 91.9 Å². The normalized spacial score (nSPS) is 36.7. The third kappa shape index (κ3) is 6.25. The van der Waals surface area contributed by atoms with Crippen LogP contribution in [0.2, 0.25) is 0 Å². The molecule has 0 aromatic carbocycles. The Kier molecular flexibility index (Phi) is 8.02. The third-order valence-electron chi connectivity index (χ3n) is 4.94. The molecule has 0 saturated heterocycles. The molecule has 0 spiro atoms. The molecule has 0 bridgehead atoms. The Bertz CT molecular complexity index is 160. The Balaban J connectivity index is 0.000000492. The summed E-state index contributed by atoms with van der Waals surface area (Å²) >= 11 is 0. The maximum Gasteiger partial charge on any atom is -0.0411 e. The second-order valence-electron chi connectivity index (χ2n) is 7.19. The summed E-state index contributed by atoms with van der Waals surface area (Å²) in [7, 11) is 0. The first kappa shape index (κ1) is 16.1. The molecule has 0 heterocycles. The minimum atomic E-state index is 1.02. The van der Waals surface area contributed by atoms with Gasteiger partial charge in [0, 0.05) is 0 Å². The SMILES string of the molecule is CC1CCC(CC2CCC(C)CC2)CC1.CCC. The van der Waals surface area contributed by atoms with Crippen LogP contribution < -0.4 is 0 Å². The lowest BCUT2D eigenvalue weighted by Crippen LogP contribution is -2.19. The van der Waals surface area contributed by atoms with Crippen molar-refractivity contribution in [2.24, 2.45) is 23.7 Å². The minimum Gasteiger partial charge on any atom is -0.0656 e. The van der Waals surface area contributed by atoms with Gasteiger partial charge in [0.1, 0.15) is 0 Å². The summed E-state index contributed by atoms with van der Waals surface area (Å²) in [4.78, 5) is 0. The predicted molar refractivity (Wildman–Crippen MR) is 82.8 cm³/mol. The molecule has 0 N–H and O–H groups in total. The third-order valence-corrected chi connectivity index (χ3v) is 4.94. The van der Waals surface area contributed by atoms with Crippen molar-refractivity contribution in [1.82, 2.24) is 0 Å². The summed E-state index contributed by atoms with van der Waals surface area (Å²) in [6, 6.07) is 0. The molecule has 18 heavy (non-hydrogen) atoms. The second-order valence-corrected chi connectivity index (χ2v) is 7.19. The molecule has 2 aliphatic rings. The first-order chi connectivity index (χ1) is 8.65. The smallest absolute Gasteiger partial charge is 0.0411 e. The molecule has 0 nitrogen and oxygen atoms in total. The fraction of sp³-hybridized carbons (Fsp3) is 1.00. The lowest BCUT2D eigenvalue weighted by Gasteiger charge is -2.32. The van der Waals surface area contributed by atoms with Crippen molar-refractivity contribution in [2.75, 3.05) is 0 Å². The minimum absolute atomic E-state index is 1.02. The molecule has 2 saturated carbocycles. The molecule has 2 aliphatic carbocycles. The summed E-state index contributed by atoms with van der Waals surface area (Å²) < 4.78 is 0. The Hall–Kier alpha value is 0. The fourth-order valence-electron chi connectivity index (χ4n) is 3.60. The summed E-state index contributed by atoms with van der Waals surface area (Å²) in [6.07, 6.45) is 15.0. The van der Waals surface area contributed by atoms with Crippen LogP contribution in [0.3, 0.4) is 0 Å². The Morgan fingerprint density at radius 1 is 0.611 bits per heavy atom. The molecular weight excluding hydrogens is 216 g/mol. The van der Waals surface area contributed by atoms with Gasteiger partial charge in [-0.15, -0.1) is 0 Å². The van der Waals surface area contributed by atoms with Gasteiger partial charge < -0.3 is 0 Å². The molecule has 0 aromatic heterocycles. The molecule has 0 atom stereocenters. The Labute approximate surface area is 116 Å². The fourth-order valence-corrected chi connectivity index (χ4v) is 3.60. The van der Waals surface area contributed by atoms with Gasteiger partial charge in [-0.05, 0) is 30.1 Å². The molecule has 2 rings (SSSR count). The van der Waals surface area contributed by atoms with Gasteiger partial charge in [0.05, 0.1) is 0 Å². The maximum atomic E-state index is 2.43. The molecule has 0 aliphatic heterocycles. The van der Waals surface area contributed by atoms with E-state index in [1.54, 1.807) is 6.42 Å². The van der Waals surface area contributed by atoms with Crippen LogP contribution in [0.5, 0.6) is 0 Å². The molecule has 0 unspecified atom stereocenters. The summed E-state index contributed by atoms with van der Waals surface area (Å²) in [5.74, 6) is 4.24. The predicted octanol–water partition coefficient (Wildman–Crippen LogP) is 6.45. The van der Waals surface area contributed by atoms with Gasteiger partial charge >= 0.3 is 0 Å². The lowest BCUT2D eigenvalue weighted by atomic mass is 9.74. The van der Waals surface area contributed by atoms with E-state index in [0.29, 0.717) is 0 Å². The van der Waals surface area contributed by atoms with E-state index >= 15 is 0 Å². The largest absolute Gasteiger partial charge is 0.0656 e. The van der Waals surface area contributed by atoms with E-state index in [9.17, 15) is 0 Å². The molecule has 0 amide bonds. The zero-order chi connectivity index (χ0) is 13.4. The van der Waals surface area contributed by atoms with Gasteiger partial charge in [-0.2, -0.15) is 0 Å². The zero-order valence-corrected chi connectivity index (χ0v) is 13.4. The quantitative estimate of drug-likeness (QED) is 0.530. The monoisotopic (exact) mass is 252 g/mol. The van der Waals surface area contributed by atoms with E-state index in [2.05, 4.69) is 27.7 Å². The maximum absolute atomic E-state index is 2.43. The highest BCUT2D eigenvalue weighted by molar-refractivity contribution is 4.76. The van der Waals surface area contributed by atoms with E-state index in [-0.39, 0.29) is 0 Å². The van der Waals surface area contributed by atoms with Gasteiger partial charge in [-0.3, -0.25) is 0 Å². The van der Waals surface area contributed by atoms with E-state index in [1.165, 1.54) is 57.8 Å². The molecule has 0 radical (unpaired) electrons. The Morgan fingerprint density at radius 2 is 0.889 bits per heavy atom. The molecule has 0 heteroatoms. The van der Waals surface area contributed by atoms with Crippen LogP contribution in [0.15, 0.2) is 0 Å². The highest BCUT2D eigenvalue weighted by atomic mass is 14.3. The van der Waals surface area contributed by atoms with Gasteiger partial charge in [0.2, 0.25) is 0 Å². The van der Waals surface area contributed by atoms with Gasteiger partial charge in [0.15, 0.2) is 0 Å². The van der Waals surface area contributed by atoms with Crippen LogP contribution in [0.4, 0.5) is 0 Å². The lowest BCUT2D eigenvalue weighted by molar-refractivity contribution is 0.201. The van der Waals surface area contributed by atoms with Crippen molar-refractivity contribution in [1.29, 1.82) is 0 Å². The summed E-state index contributed by atoms with van der Waals surface area (Å²) in [5.41, 5.74) is 0. The van der Waals surface area contributed by atoms with Crippen molar-refractivity contribution < 1.29 is 0 Å². The molecule has 2 fully saturated rings. The highest BCUT2D eigenvalue weighted by Gasteiger charge is 2.24. The summed E-state index contributed by atoms with van der Waals surface area (Å²) in [6.45, 7) is 9.11.